The lowest BCUT2D eigenvalue weighted by molar-refractivity contribution is 1.16. The minimum atomic E-state index is 0.717. The van der Waals surface area contributed by atoms with Gasteiger partial charge < -0.3 is 9.13 Å². The van der Waals surface area contributed by atoms with Crippen molar-refractivity contribution in [2.45, 2.75) is 6.92 Å². The van der Waals surface area contributed by atoms with Crippen molar-refractivity contribution in [3.8, 4) is 67.5 Å². The first-order valence-corrected chi connectivity index (χ1v) is 21.5. The van der Waals surface area contributed by atoms with Crippen LogP contribution in [0.25, 0.3) is 111 Å². The molecule has 0 N–H and O–H groups in total. The third kappa shape index (κ3) is 6.39. The molecule has 0 bridgehead atoms. The first-order valence-electron chi connectivity index (χ1n) is 21.5. The van der Waals surface area contributed by atoms with E-state index in [0.29, 0.717) is 0 Å². The van der Waals surface area contributed by atoms with Crippen LogP contribution in [0.5, 0.6) is 0 Å². The van der Waals surface area contributed by atoms with Crippen molar-refractivity contribution in [2.24, 2.45) is 0 Å². The standard InChI is InChI=1S/C59H40N4/c1-39-20-34-57-51(36-39)49-16-8-11-19-56(49)63(57)48-33-35-58-52(37-48)50-17-9-10-18-55(50)62(58)47-31-29-43(30-32-47)41-23-21-40(22-24-41)42-25-27-45(28-26-42)54-38-53(44-12-4-2-5-13-44)60-59(61-54)46-14-6-3-7-15-46/h2-38H,1H3. The molecule has 0 atom stereocenters. The minimum absolute atomic E-state index is 0.717. The molecule has 0 radical (unpaired) electrons. The Labute approximate surface area is 365 Å². The Balaban J connectivity index is 0.839. The SMILES string of the molecule is Cc1ccc2c(c1)c1ccccc1n2-c1ccc2c(c1)c1ccccc1n2-c1ccc(-c2ccc(-c3ccc(-c4cc(-c5ccccc5)nc(-c5ccccc5)n4)cc3)cc2)cc1. The van der Waals surface area contributed by atoms with Crippen molar-refractivity contribution in [2.75, 3.05) is 0 Å². The summed E-state index contributed by atoms with van der Waals surface area (Å²) in [6, 6.07) is 80.3. The van der Waals surface area contributed by atoms with Gasteiger partial charge in [-0.15, -0.1) is 0 Å². The van der Waals surface area contributed by atoms with Crippen LogP contribution < -0.4 is 0 Å². The van der Waals surface area contributed by atoms with Crippen molar-refractivity contribution < 1.29 is 0 Å². The van der Waals surface area contributed by atoms with Crippen molar-refractivity contribution in [1.29, 1.82) is 0 Å². The molecule has 0 amide bonds. The summed E-state index contributed by atoms with van der Waals surface area (Å²) >= 11 is 0. The van der Waals surface area contributed by atoms with E-state index in [1.54, 1.807) is 0 Å². The highest BCUT2D eigenvalue weighted by Gasteiger charge is 2.17. The van der Waals surface area contributed by atoms with E-state index < -0.39 is 0 Å². The number of rotatable bonds is 7. The second kappa shape index (κ2) is 15.0. The van der Waals surface area contributed by atoms with Gasteiger partial charge in [-0.05, 0) is 89.8 Å². The minimum Gasteiger partial charge on any atom is -0.309 e. The van der Waals surface area contributed by atoms with E-state index in [4.69, 9.17) is 9.97 Å². The zero-order chi connectivity index (χ0) is 41.9. The van der Waals surface area contributed by atoms with E-state index in [0.717, 1.165) is 50.8 Å². The Hall–Kier alpha value is -8.34. The number of hydrogen-bond acceptors (Lipinski definition) is 2. The van der Waals surface area contributed by atoms with E-state index in [1.807, 2.05) is 36.4 Å². The monoisotopic (exact) mass is 804 g/mol. The number of nitrogens with zero attached hydrogens (tertiary/aromatic N) is 4. The van der Waals surface area contributed by atoms with Crippen LogP contribution >= 0.6 is 0 Å². The molecule has 4 heteroatoms. The fourth-order valence-corrected chi connectivity index (χ4v) is 9.30. The summed E-state index contributed by atoms with van der Waals surface area (Å²) in [7, 11) is 0. The lowest BCUT2D eigenvalue weighted by Gasteiger charge is -2.11. The molecule has 0 saturated heterocycles. The summed E-state index contributed by atoms with van der Waals surface area (Å²) in [5, 5.41) is 5.04. The summed E-state index contributed by atoms with van der Waals surface area (Å²) in [4.78, 5) is 9.97. The average Bonchev–Trinajstić information content (AvgIpc) is 3.86. The van der Waals surface area contributed by atoms with Gasteiger partial charge in [-0.25, -0.2) is 9.97 Å². The maximum atomic E-state index is 5.02. The normalized spacial score (nSPS) is 11.6. The number of fused-ring (bicyclic) bond motifs is 6. The Bertz CT molecular complexity index is 3580. The maximum Gasteiger partial charge on any atom is 0.160 e. The summed E-state index contributed by atoms with van der Waals surface area (Å²) in [5.41, 5.74) is 18.0. The Morgan fingerprint density at radius 1 is 0.286 bits per heavy atom. The molecule has 3 aromatic heterocycles. The summed E-state index contributed by atoms with van der Waals surface area (Å²) in [5.74, 6) is 0.717. The molecular weight excluding hydrogens is 765 g/mol. The van der Waals surface area contributed by atoms with Gasteiger partial charge in [-0.2, -0.15) is 0 Å². The van der Waals surface area contributed by atoms with Gasteiger partial charge in [0.2, 0.25) is 0 Å². The molecule has 12 rings (SSSR count). The third-order valence-corrected chi connectivity index (χ3v) is 12.4. The quantitative estimate of drug-likeness (QED) is 0.161. The highest BCUT2D eigenvalue weighted by molar-refractivity contribution is 6.12. The van der Waals surface area contributed by atoms with Gasteiger partial charge in [0.25, 0.3) is 0 Å². The van der Waals surface area contributed by atoms with Gasteiger partial charge >= 0.3 is 0 Å². The Morgan fingerprint density at radius 2 is 0.683 bits per heavy atom. The third-order valence-electron chi connectivity index (χ3n) is 12.4. The second-order valence-electron chi connectivity index (χ2n) is 16.3. The number of aromatic nitrogens is 4. The summed E-state index contributed by atoms with van der Waals surface area (Å²) in [6.07, 6.45) is 0. The molecule has 3 heterocycles. The molecule has 0 saturated carbocycles. The first-order chi connectivity index (χ1) is 31.1. The topological polar surface area (TPSA) is 35.6 Å². The van der Waals surface area contributed by atoms with E-state index in [-0.39, 0.29) is 0 Å². The lowest BCUT2D eigenvalue weighted by Crippen LogP contribution is -1.96. The van der Waals surface area contributed by atoms with E-state index in [2.05, 4.69) is 204 Å². The fourth-order valence-electron chi connectivity index (χ4n) is 9.30. The number of benzene rings is 9. The largest absolute Gasteiger partial charge is 0.309 e. The predicted molar refractivity (Wildman–Crippen MR) is 263 cm³/mol. The molecule has 0 unspecified atom stereocenters. The molecule has 0 aliphatic carbocycles. The van der Waals surface area contributed by atoms with Gasteiger partial charge in [0, 0.05) is 49.6 Å². The molecule has 296 valence electrons. The molecule has 63 heavy (non-hydrogen) atoms. The number of para-hydroxylation sites is 2. The summed E-state index contributed by atoms with van der Waals surface area (Å²) in [6.45, 7) is 2.17. The molecule has 4 nitrogen and oxygen atoms in total. The van der Waals surface area contributed by atoms with E-state index in [9.17, 15) is 0 Å². The molecule has 0 aliphatic rings. The van der Waals surface area contributed by atoms with Crippen molar-refractivity contribution >= 4 is 43.6 Å². The second-order valence-corrected chi connectivity index (χ2v) is 16.3. The van der Waals surface area contributed by atoms with Crippen molar-refractivity contribution in [3.63, 3.8) is 0 Å². The zero-order valence-corrected chi connectivity index (χ0v) is 34.7. The van der Waals surface area contributed by atoms with Gasteiger partial charge in [0.1, 0.15) is 0 Å². The Kier molecular flexibility index (Phi) is 8.68. The molecule has 9 aromatic carbocycles. The van der Waals surface area contributed by atoms with E-state index in [1.165, 1.54) is 65.9 Å². The highest BCUT2D eigenvalue weighted by atomic mass is 15.0. The average molecular weight is 805 g/mol. The van der Waals surface area contributed by atoms with Crippen LogP contribution in [-0.4, -0.2) is 19.1 Å². The molecule has 0 spiro atoms. The van der Waals surface area contributed by atoms with Crippen LogP contribution in [-0.2, 0) is 0 Å². The molecular formula is C59H40N4. The lowest BCUT2D eigenvalue weighted by atomic mass is 9.98. The number of aryl methyl sites for hydroxylation is 1. The zero-order valence-electron chi connectivity index (χ0n) is 34.7. The maximum absolute atomic E-state index is 5.02. The van der Waals surface area contributed by atoms with Crippen LogP contribution in [0.4, 0.5) is 0 Å². The van der Waals surface area contributed by atoms with Crippen LogP contribution in [0.15, 0.2) is 224 Å². The molecule has 0 fully saturated rings. The van der Waals surface area contributed by atoms with Crippen LogP contribution in [0.2, 0.25) is 0 Å². The van der Waals surface area contributed by atoms with Crippen LogP contribution in [0, 0.1) is 6.92 Å². The fraction of sp³-hybridized carbons (Fsp3) is 0.0169. The number of hydrogen-bond donors (Lipinski definition) is 0. The van der Waals surface area contributed by atoms with Crippen molar-refractivity contribution in [3.05, 3.63) is 230 Å². The van der Waals surface area contributed by atoms with Gasteiger partial charge in [0.15, 0.2) is 5.82 Å². The van der Waals surface area contributed by atoms with Crippen LogP contribution in [0.3, 0.4) is 0 Å². The molecule has 0 aliphatic heterocycles. The smallest absolute Gasteiger partial charge is 0.160 e. The van der Waals surface area contributed by atoms with Gasteiger partial charge in [-0.1, -0.05) is 169 Å². The highest BCUT2D eigenvalue weighted by Crippen LogP contribution is 2.38. The predicted octanol–water partition coefficient (Wildman–Crippen LogP) is 15.3. The van der Waals surface area contributed by atoms with Crippen molar-refractivity contribution in [1.82, 2.24) is 19.1 Å². The van der Waals surface area contributed by atoms with Gasteiger partial charge in [0.05, 0.1) is 33.5 Å². The Morgan fingerprint density at radius 3 is 1.25 bits per heavy atom. The summed E-state index contributed by atoms with van der Waals surface area (Å²) < 4.78 is 4.81. The van der Waals surface area contributed by atoms with E-state index >= 15 is 0 Å². The first kappa shape index (κ1) is 36.5. The van der Waals surface area contributed by atoms with Gasteiger partial charge in [-0.3, -0.25) is 0 Å². The van der Waals surface area contributed by atoms with Crippen LogP contribution in [0.1, 0.15) is 5.56 Å². The molecule has 12 aromatic rings.